The summed E-state index contributed by atoms with van der Waals surface area (Å²) in [4.78, 5) is 25.7. The molecule has 0 bridgehead atoms. The van der Waals surface area contributed by atoms with Gasteiger partial charge in [0.15, 0.2) is 5.75 Å². The molecule has 144 valence electrons. The topological polar surface area (TPSA) is 46.6 Å². The normalized spacial score (nSPS) is 15.4. The van der Waals surface area contributed by atoms with E-state index in [-0.39, 0.29) is 17.7 Å². The largest absolute Gasteiger partial charge is 0.486 e. The Balaban J connectivity index is 1.78. The molecule has 0 aromatic heterocycles. The van der Waals surface area contributed by atoms with Gasteiger partial charge in [-0.05, 0) is 69.2 Å². The summed E-state index contributed by atoms with van der Waals surface area (Å²) >= 11 is 14.1. The van der Waals surface area contributed by atoms with Gasteiger partial charge < -0.3 is 4.74 Å². The van der Waals surface area contributed by atoms with E-state index >= 15 is 0 Å². The quantitative estimate of drug-likeness (QED) is 0.302. The molecule has 0 spiro atoms. The molecule has 3 rings (SSSR count). The minimum absolute atomic E-state index is 0.190. The fraction of sp³-hybridized carbons (Fsp3) is 0.100. The van der Waals surface area contributed by atoms with Gasteiger partial charge in [0.2, 0.25) is 0 Å². The highest BCUT2D eigenvalue weighted by atomic mass is 79.9. The number of nitrogens with zero attached hydrogens (tertiary/aromatic N) is 1. The molecule has 0 aliphatic carbocycles. The number of halogens is 3. The minimum atomic E-state index is -0.335. The molecule has 2 aromatic carbocycles. The van der Waals surface area contributed by atoms with Gasteiger partial charge in [0.25, 0.3) is 11.1 Å². The Hall–Kier alpha value is -1.54. The minimum Gasteiger partial charge on any atom is -0.486 e. The number of carbonyl (C=O) groups is 2. The van der Waals surface area contributed by atoms with Crippen molar-refractivity contribution in [2.45, 2.75) is 6.61 Å². The zero-order chi connectivity index (χ0) is 20.3. The van der Waals surface area contributed by atoms with Gasteiger partial charge in [0, 0.05) is 11.0 Å². The number of amides is 2. The van der Waals surface area contributed by atoms with E-state index in [2.05, 4.69) is 38.4 Å². The van der Waals surface area contributed by atoms with Crippen LogP contribution in [0.25, 0.3) is 6.08 Å². The zero-order valence-corrected chi connectivity index (χ0v) is 19.2. The first-order valence-corrected chi connectivity index (χ1v) is 10.9. The summed E-state index contributed by atoms with van der Waals surface area (Å²) in [6.45, 7) is 4.12. The summed E-state index contributed by atoms with van der Waals surface area (Å²) in [5, 5.41) is 0.0961. The second kappa shape index (κ2) is 9.31. The van der Waals surface area contributed by atoms with Gasteiger partial charge in [0.05, 0.1) is 14.4 Å². The van der Waals surface area contributed by atoms with Crippen LogP contribution in [0.2, 0.25) is 5.02 Å². The third-order valence-electron chi connectivity index (χ3n) is 3.80. The van der Waals surface area contributed by atoms with Gasteiger partial charge in [0.1, 0.15) is 6.61 Å². The van der Waals surface area contributed by atoms with E-state index in [9.17, 15) is 9.59 Å². The summed E-state index contributed by atoms with van der Waals surface area (Å²) in [5.41, 5.74) is 1.70. The number of hydrogen-bond acceptors (Lipinski definition) is 4. The highest BCUT2D eigenvalue weighted by Gasteiger charge is 2.34. The molecular formula is C20H14Br2ClNO3S. The summed E-state index contributed by atoms with van der Waals surface area (Å²) < 4.78 is 7.50. The average Bonchev–Trinajstić information content (AvgIpc) is 2.90. The van der Waals surface area contributed by atoms with Crippen molar-refractivity contribution in [1.82, 2.24) is 4.90 Å². The second-order valence-corrected chi connectivity index (χ2v) is 8.98. The van der Waals surface area contributed by atoms with E-state index in [0.29, 0.717) is 32.3 Å². The number of hydrogen-bond donors (Lipinski definition) is 0. The lowest BCUT2D eigenvalue weighted by molar-refractivity contribution is -0.122. The van der Waals surface area contributed by atoms with Crippen molar-refractivity contribution in [1.29, 1.82) is 0 Å². The van der Waals surface area contributed by atoms with Crippen molar-refractivity contribution >= 4 is 72.4 Å². The first-order valence-electron chi connectivity index (χ1n) is 8.11. The molecule has 1 saturated heterocycles. The van der Waals surface area contributed by atoms with E-state index in [1.807, 2.05) is 24.3 Å². The molecular weight excluding hydrogens is 530 g/mol. The SMILES string of the molecule is C=CCN1C(=O)S/C(=C/c2cc(Cl)c(OCc3ccc(Br)cc3)c(Br)c2)C1=O. The molecule has 2 aromatic rings. The number of rotatable bonds is 6. The Kier molecular flexibility index (Phi) is 7.04. The van der Waals surface area contributed by atoms with Crippen LogP contribution in [0.3, 0.4) is 0 Å². The monoisotopic (exact) mass is 541 g/mol. The molecule has 1 heterocycles. The van der Waals surface area contributed by atoms with Gasteiger partial charge in [-0.15, -0.1) is 6.58 Å². The summed E-state index contributed by atoms with van der Waals surface area (Å²) in [6.07, 6.45) is 3.16. The number of carbonyl (C=O) groups excluding carboxylic acids is 2. The van der Waals surface area contributed by atoms with Crippen molar-refractivity contribution in [3.05, 3.63) is 79.1 Å². The van der Waals surface area contributed by atoms with Crippen molar-refractivity contribution < 1.29 is 14.3 Å². The predicted molar refractivity (Wildman–Crippen MR) is 121 cm³/mol. The van der Waals surface area contributed by atoms with Crippen LogP contribution in [0.5, 0.6) is 5.75 Å². The van der Waals surface area contributed by atoms with Crippen LogP contribution in [0.4, 0.5) is 4.79 Å². The Morgan fingerprint density at radius 1 is 1.18 bits per heavy atom. The first-order chi connectivity index (χ1) is 13.4. The highest BCUT2D eigenvalue weighted by Crippen LogP contribution is 2.38. The summed E-state index contributed by atoms with van der Waals surface area (Å²) in [7, 11) is 0. The zero-order valence-electron chi connectivity index (χ0n) is 14.5. The van der Waals surface area contributed by atoms with E-state index in [4.69, 9.17) is 16.3 Å². The molecule has 1 fully saturated rings. The molecule has 1 aliphatic heterocycles. The lowest BCUT2D eigenvalue weighted by Crippen LogP contribution is -2.27. The third kappa shape index (κ3) is 4.89. The first kappa shape index (κ1) is 21.2. The van der Waals surface area contributed by atoms with E-state index in [1.165, 1.54) is 6.08 Å². The van der Waals surface area contributed by atoms with Crippen molar-refractivity contribution in [2.24, 2.45) is 0 Å². The number of imide groups is 1. The Bertz CT molecular complexity index is 953. The van der Waals surface area contributed by atoms with Crippen LogP contribution in [-0.2, 0) is 11.4 Å². The van der Waals surface area contributed by atoms with Crippen LogP contribution in [0.15, 0.2) is 62.9 Å². The molecule has 0 unspecified atom stereocenters. The smallest absolute Gasteiger partial charge is 0.293 e. The van der Waals surface area contributed by atoms with Crippen molar-refractivity contribution in [2.75, 3.05) is 6.54 Å². The van der Waals surface area contributed by atoms with Crippen LogP contribution < -0.4 is 4.74 Å². The van der Waals surface area contributed by atoms with E-state index in [0.717, 1.165) is 26.7 Å². The molecule has 2 amide bonds. The molecule has 0 radical (unpaired) electrons. The Morgan fingerprint density at radius 2 is 1.89 bits per heavy atom. The van der Waals surface area contributed by atoms with Gasteiger partial charge in [-0.1, -0.05) is 45.7 Å². The molecule has 0 N–H and O–H groups in total. The maximum absolute atomic E-state index is 12.3. The Labute approximate surface area is 188 Å². The molecule has 4 nitrogen and oxygen atoms in total. The molecule has 28 heavy (non-hydrogen) atoms. The second-order valence-electron chi connectivity index (χ2n) is 5.81. The van der Waals surface area contributed by atoms with Crippen LogP contribution in [0.1, 0.15) is 11.1 Å². The fourth-order valence-corrected chi connectivity index (χ4v) is 4.58. The van der Waals surface area contributed by atoms with Gasteiger partial charge in [-0.3, -0.25) is 14.5 Å². The number of ether oxygens (including phenoxy) is 1. The highest BCUT2D eigenvalue weighted by molar-refractivity contribution is 9.10. The van der Waals surface area contributed by atoms with E-state index < -0.39 is 0 Å². The maximum Gasteiger partial charge on any atom is 0.293 e. The summed E-state index contributed by atoms with van der Waals surface area (Å²) in [6, 6.07) is 11.3. The molecule has 8 heteroatoms. The summed E-state index contributed by atoms with van der Waals surface area (Å²) in [5.74, 6) is 0.180. The number of benzene rings is 2. The lowest BCUT2D eigenvalue weighted by Gasteiger charge is -2.11. The van der Waals surface area contributed by atoms with Crippen molar-refractivity contribution in [3.63, 3.8) is 0 Å². The number of thioether (sulfide) groups is 1. The van der Waals surface area contributed by atoms with Crippen LogP contribution in [0, 0.1) is 0 Å². The van der Waals surface area contributed by atoms with Gasteiger partial charge in [-0.25, -0.2) is 0 Å². The lowest BCUT2D eigenvalue weighted by atomic mass is 10.2. The predicted octanol–water partition coefficient (Wildman–Crippen LogP) is 6.67. The van der Waals surface area contributed by atoms with Crippen LogP contribution in [-0.4, -0.2) is 22.6 Å². The van der Waals surface area contributed by atoms with Crippen molar-refractivity contribution in [3.8, 4) is 5.75 Å². The molecule has 1 aliphatic rings. The Morgan fingerprint density at radius 3 is 2.54 bits per heavy atom. The molecule has 0 saturated carbocycles. The van der Waals surface area contributed by atoms with E-state index in [1.54, 1.807) is 18.2 Å². The van der Waals surface area contributed by atoms with Crippen LogP contribution >= 0.6 is 55.2 Å². The van der Waals surface area contributed by atoms with Gasteiger partial charge >= 0.3 is 0 Å². The third-order valence-corrected chi connectivity index (χ3v) is 6.11. The van der Waals surface area contributed by atoms with Gasteiger partial charge in [-0.2, -0.15) is 0 Å². The molecule has 0 atom stereocenters. The fourth-order valence-electron chi connectivity index (χ4n) is 2.47. The maximum atomic E-state index is 12.3. The average molecular weight is 544 g/mol. The standard InChI is InChI=1S/C20H14Br2ClNO3S/c1-2-7-24-19(25)17(28-20(24)26)10-13-8-15(22)18(16(23)9-13)27-11-12-3-5-14(21)6-4-12/h2-6,8-10H,1,7,11H2/b17-10+.